The molecule has 1 aromatic carbocycles. The van der Waals surface area contributed by atoms with Crippen LogP contribution in [0.4, 0.5) is 0 Å². The van der Waals surface area contributed by atoms with Crippen molar-refractivity contribution in [3.05, 3.63) is 60.1 Å². The smallest absolute Gasteiger partial charge is 0.320 e. The highest BCUT2D eigenvalue weighted by Gasteiger charge is 2.28. The normalized spacial score (nSPS) is 14.3. The van der Waals surface area contributed by atoms with E-state index in [1.807, 2.05) is 42.5 Å². The number of carboxylic acid groups (broad SMARTS) is 1. The van der Waals surface area contributed by atoms with Crippen LogP contribution in [0.3, 0.4) is 0 Å². The van der Waals surface area contributed by atoms with Gasteiger partial charge < -0.3 is 9.52 Å². The molecular formula is C15H17NO3. The molecule has 2 unspecified atom stereocenters. The lowest BCUT2D eigenvalue weighted by Crippen LogP contribution is -2.38. The summed E-state index contributed by atoms with van der Waals surface area (Å²) in [5, 5.41) is 9.17. The minimum Gasteiger partial charge on any atom is -0.480 e. The minimum atomic E-state index is -0.852. The Hall–Kier alpha value is -2.07. The third-order valence-corrected chi connectivity index (χ3v) is 3.30. The van der Waals surface area contributed by atoms with Crippen LogP contribution in [-0.4, -0.2) is 29.1 Å². The summed E-state index contributed by atoms with van der Waals surface area (Å²) in [5.74, 6) is -0.114. The maximum Gasteiger partial charge on any atom is 0.320 e. The van der Waals surface area contributed by atoms with Crippen molar-refractivity contribution in [2.45, 2.75) is 19.0 Å². The largest absolute Gasteiger partial charge is 0.480 e. The number of carbonyl (C=O) groups is 1. The lowest BCUT2D eigenvalue weighted by molar-refractivity contribution is -0.142. The molecule has 0 fully saturated rings. The Morgan fingerprint density at radius 1 is 1.21 bits per heavy atom. The van der Waals surface area contributed by atoms with Gasteiger partial charge in [-0.2, -0.15) is 0 Å². The van der Waals surface area contributed by atoms with Gasteiger partial charge in [-0.15, -0.1) is 0 Å². The molecule has 0 aliphatic heterocycles. The average Bonchev–Trinajstić information content (AvgIpc) is 2.93. The number of likely N-dealkylation sites (N-methyl/N-ethyl adjacent to an activating group) is 1. The van der Waals surface area contributed by atoms with Crippen molar-refractivity contribution in [3.8, 4) is 0 Å². The van der Waals surface area contributed by atoms with Crippen molar-refractivity contribution in [3.63, 3.8) is 0 Å². The predicted molar refractivity (Wildman–Crippen MR) is 71.9 cm³/mol. The third-order valence-electron chi connectivity index (χ3n) is 3.30. The zero-order valence-corrected chi connectivity index (χ0v) is 11.0. The molecule has 1 N–H and O–H groups in total. The van der Waals surface area contributed by atoms with Gasteiger partial charge in [0.1, 0.15) is 11.8 Å². The molecular weight excluding hydrogens is 242 g/mol. The molecule has 0 radical (unpaired) electrons. The number of hydrogen-bond donors (Lipinski definition) is 1. The Bertz CT molecular complexity index is 522. The molecule has 0 bridgehead atoms. The van der Waals surface area contributed by atoms with Gasteiger partial charge in [-0.1, -0.05) is 30.3 Å². The van der Waals surface area contributed by atoms with Crippen molar-refractivity contribution in [2.75, 3.05) is 7.05 Å². The van der Waals surface area contributed by atoms with E-state index in [1.165, 1.54) is 0 Å². The SMILES string of the molecule is CC(C(=O)O)N(C)C(c1ccccc1)c1ccco1. The number of benzene rings is 1. The summed E-state index contributed by atoms with van der Waals surface area (Å²) < 4.78 is 5.47. The first-order chi connectivity index (χ1) is 9.11. The zero-order valence-electron chi connectivity index (χ0n) is 11.0. The van der Waals surface area contributed by atoms with Gasteiger partial charge in [-0.3, -0.25) is 9.69 Å². The van der Waals surface area contributed by atoms with Gasteiger partial charge in [0.25, 0.3) is 0 Å². The summed E-state index contributed by atoms with van der Waals surface area (Å²) in [4.78, 5) is 13.0. The Labute approximate surface area is 112 Å². The number of aliphatic carboxylic acids is 1. The van der Waals surface area contributed by atoms with Crippen LogP contribution >= 0.6 is 0 Å². The first-order valence-corrected chi connectivity index (χ1v) is 6.14. The van der Waals surface area contributed by atoms with Gasteiger partial charge >= 0.3 is 5.97 Å². The molecule has 4 nitrogen and oxygen atoms in total. The maximum absolute atomic E-state index is 11.2. The molecule has 4 heteroatoms. The molecule has 0 aliphatic carbocycles. The molecule has 1 aromatic heterocycles. The van der Waals surface area contributed by atoms with E-state index in [4.69, 9.17) is 4.42 Å². The second kappa shape index (κ2) is 5.71. The summed E-state index contributed by atoms with van der Waals surface area (Å²) in [6.07, 6.45) is 1.60. The van der Waals surface area contributed by atoms with E-state index in [0.29, 0.717) is 0 Å². The fourth-order valence-electron chi connectivity index (χ4n) is 2.08. The van der Waals surface area contributed by atoms with Gasteiger partial charge in [0.05, 0.1) is 12.3 Å². The standard InChI is InChI=1S/C15H17NO3/c1-11(15(17)18)16(2)14(13-9-6-10-19-13)12-7-4-3-5-8-12/h3-11,14H,1-2H3,(H,17,18). The molecule has 19 heavy (non-hydrogen) atoms. The molecule has 2 aromatic rings. The van der Waals surface area contributed by atoms with E-state index in [9.17, 15) is 9.90 Å². The van der Waals surface area contributed by atoms with E-state index in [0.717, 1.165) is 11.3 Å². The van der Waals surface area contributed by atoms with Crippen molar-refractivity contribution < 1.29 is 14.3 Å². The lowest BCUT2D eigenvalue weighted by atomic mass is 10.0. The Balaban J connectivity index is 2.38. The van der Waals surface area contributed by atoms with Crippen molar-refractivity contribution in [2.24, 2.45) is 0 Å². The van der Waals surface area contributed by atoms with E-state index < -0.39 is 12.0 Å². The van der Waals surface area contributed by atoms with Crippen LogP contribution < -0.4 is 0 Å². The predicted octanol–water partition coefficient (Wildman–Crippen LogP) is 2.77. The second-order valence-corrected chi connectivity index (χ2v) is 4.51. The Kier molecular flexibility index (Phi) is 4.02. The summed E-state index contributed by atoms with van der Waals surface area (Å²) in [6, 6.07) is 12.6. The number of furan rings is 1. The highest BCUT2D eigenvalue weighted by atomic mass is 16.4. The molecule has 1 heterocycles. The van der Waals surface area contributed by atoms with E-state index >= 15 is 0 Å². The fourth-order valence-corrected chi connectivity index (χ4v) is 2.08. The van der Waals surface area contributed by atoms with Crippen LogP contribution in [0.15, 0.2) is 53.1 Å². The topological polar surface area (TPSA) is 53.7 Å². The van der Waals surface area contributed by atoms with E-state index in [-0.39, 0.29) is 6.04 Å². The number of nitrogens with zero attached hydrogens (tertiary/aromatic N) is 1. The first kappa shape index (κ1) is 13.4. The highest BCUT2D eigenvalue weighted by molar-refractivity contribution is 5.73. The van der Waals surface area contributed by atoms with Crippen LogP contribution in [-0.2, 0) is 4.79 Å². The summed E-state index contributed by atoms with van der Waals surface area (Å²) in [7, 11) is 1.79. The number of hydrogen-bond acceptors (Lipinski definition) is 3. The second-order valence-electron chi connectivity index (χ2n) is 4.51. The van der Waals surface area contributed by atoms with Crippen molar-refractivity contribution in [1.82, 2.24) is 4.90 Å². The first-order valence-electron chi connectivity index (χ1n) is 6.14. The van der Waals surface area contributed by atoms with Gasteiger partial charge in [-0.05, 0) is 31.7 Å². The molecule has 0 saturated carbocycles. The molecule has 0 saturated heterocycles. The summed E-state index contributed by atoms with van der Waals surface area (Å²) in [5.41, 5.74) is 1.01. The van der Waals surface area contributed by atoms with E-state index in [2.05, 4.69) is 0 Å². The van der Waals surface area contributed by atoms with Crippen LogP contribution in [0, 0.1) is 0 Å². The van der Waals surface area contributed by atoms with Crippen LogP contribution in [0.2, 0.25) is 0 Å². The lowest BCUT2D eigenvalue weighted by Gasteiger charge is -2.29. The van der Waals surface area contributed by atoms with Crippen molar-refractivity contribution in [1.29, 1.82) is 0 Å². The van der Waals surface area contributed by atoms with Crippen LogP contribution in [0.1, 0.15) is 24.3 Å². The quantitative estimate of drug-likeness (QED) is 0.897. The van der Waals surface area contributed by atoms with Crippen LogP contribution in [0.5, 0.6) is 0 Å². The molecule has 0 aliphatic rings. The average molecular weight is 259 g/mol. The zero-order chi connectivity index (χ0) is 13.8. The van der Waals surface area contributed by atoms with Crippen LogP contribution in [0.25, 0.3) is 0 Å². The molecule has 2 rings (SSSR count). The van der Waals surface area contributed by atoms with E-state index in [1.54, 1.807) is 25.1 Å². The van der Waals surface area contributed by atoms with Crippen molar-refractivity contribution >= 4 is 5.97 Å². The third kappa shape index (κ3) is 2.85. The summed E-state index contributed by atoms with van der Waals surface area (Å²) >= 11 is 0. The van der Waals surface area contributed by atoms with Gasteiger partial charge in [-0.25, -0.2) is 0 Å². The van der Waals surface area contributed by atoms with Gasteiger partial charge in [0.15, 0.2) is 0 Å². The number of rotatable bonds is 5. The van der Waals surface area contributed by atoms with Gasteiger partial charge in [0, 0.05) is 0 Å². The molecule has 100 valence electrons. The van der Waals surface area contributed by atoms with Gasteiger partial charge in [0.2, 0.25) is 0 Å². The number of carboxylic acids is 1. The molecule has 0 amide bonds. The fraction of sp³-hybridized carbons (Fsp3) is 0.267. The maximum atomic E-state index is 11.2. The molecule has 2 atom stereocenters. The monoisotopic (exact) mass is 259 g/mol. The summed E-state index contributed by atoms with van der Waals surface area (Å²) in [6.45, 7) is 1.67. The minimum absolute atomic E-state index is 0.206. The highest BCUT2D eigenvalue weighted by Crippen LogP contribution is 2.29. The Morgan fingerprint density at radius 2 is 1.89 bits per heavy atom. The Morgan fingerprint density at radius 3 is 2.42 bits per heavy atom. The molecule has 0 spiro atoms.